The first-order valence-electron chi connectivity index (χ1n) is 13.4. The van der Waals surface area contributed by atoms with E-state index in [0.29, 0.717) is 22.8 Å². The molecule has 7 heteroatoms. The van der Waals surface area contributed by atoms with Gasteiger partial charge in [0.15, 0.2) is 0 Å². The van der Waals surface area contributed by atoms with Crippen LogP contribution >= 0.6 is 0 Å². The third-order valence-electron chi connectivity index (χ3n) is 8.63. The number of aliphatic hydroxyl groups excluding tert-OH is 1. The van der Waals surface area contributed by atoms with Crippen LogP contribution in [0.25, 0.3) is 10.9 Å². The van der Waals surface area contributed by atoms with Crippen LogP contribution in [0.4, 0.5) is 21.6 Å². The van der Waals surface area contributed by atoms with Gasteiger partial charge in [-0.05, 0) is 75.9 Å². The molecule has 1 N–H and O–H groups in total. The summed E-state index contributed by atoms with van der Waals surface area (Å²) in [5, 5.41) is 10.8. The number of aryl methyl sites for hydroxylation is 1. The van der Waals surface area contributed by atoms with Gasteiger partial charge in [-0.3, -0.25) is 4.79 Å². The lowest BCUT2D eigenvalue weighted by molar-refractivity contribution is -0.121. The maximum Gasteiger partial charge on any atom is 0.236 e. The zero-order chi connectivity index (χ0) is 27.7. The van der Waals surface area contributed by atoms with Crippen LogP contribution in [0.3, 0.4) is 0 Å². The third kappa shape index (κ3) is 3.82. The van der Waals surface area contributed by atoms with Crippen LogP contribution < -0.4 is 9.80 Å². The maximum absolute atomic E-state index is 16.2. The van der Waals surface area contributed by atoms with Crippen molar-refractivity contribution < 1.29 is 14.3 Å². The Balaban J connectivity index is 1.58. The fourth-order valence-electron chi connectivity index (χ4n) is 6.07. The highest BCUT2D eigenvalue weighted by Gasteiger charge is 2.46. The highest BCUT2D eigenvalue weighted by atomic mass is 19.1. The molecule has 1 atom stereocenters. The van der Waals surface area contributed by atoms with Gasteiger partial charge < -0.3 is 14.9 Å². The fraction of sp³-hybridized carbons (Fsp3) is 0.344. The predicted octanol–water partition coefficient (Wildman–Crippen LogP) is 6.25. The Hall–Kier alpha value is -3.84. The van der Waals surface area contributed by atoms with E-state index in [0.717, 1.165) is 40.7 Å². The van der Waals surface area contributed by atoms with E-state index in [1.54, 1.807) is 18.0 Å². The van der Waals surface area contributed by atoms with E-state index in [2.05, 4.69) is 0 Å². The van der Waals surface area contributed by atoms with E-state index < -0.39 is 16.9 Å². The lowest BCUT2D eigenvalue weighted by atomic mass is 9.85. The molecule has 0 bridgehead atoms. The minimum Gasteiger partial charge on any atom is -0.395 e. The molecule has 1 amide bonds. The van der Waals surface area contributed by atoms with Crippen LogP contribution in [0.15, 0.2) is 60.7 Å². The molecule has 1 aromatic heterocycles. The van der Waals surface area contributed by atoms with Crippen LogP contribution in [0.1, 0.15) is 62.2 Å². The summed E-state index contributed by atoms with van der Waals surface area (Å²) in [5.41, 5.74) is 3.34. The molecule has 3 aromatic carbocycles. The molecular formula is C32H33FN4O2. The first kappa shape index (κ1) is 25.4. The number of para-hydroxylation sites is 1. The van der Waals surface area contributed by atoms with Crippen molar-refractivity contribution in [2.75, 3.05) is 23.5 Å². The molecule has 1 aliphatic carbocycles. The SMILES string of the molecule is Cc1nc(N(c2ccccc2)C(C)c2cccc(C3(CO)CC3)c2F)c2cc3c(cc2n1)C(C)(C)C(=O)N3C. The van der Waals surface area contributed by atoms with Crippen LogP contribution in [-0.2, 0) is 15.6 Å². The number of aromatic nitrogens is 2. The Labute approximate surface area is 228 Å². The molecule has 1 fully saturated rings. The highest BCUT2D eigenvalue weighted by Crippen LogP contribution is 2.50. The number of rotatable bonds is 6. The number of benzene rings is 3. The lowest BCUT2D eigenvalue weighted by Crippen LogP contribution is -2.33. The molecule has 6 rings (SSSR count). The molecular weight excluding hydrogens is 491 g/mol. The summed E-state index contributed by atoms with van der Waals surface area (Å²) in [7, 11) is 1.80. The van der Waals surface area contributed by atoms with Gasteiger partial charge in [-0.2, -0.15) is 0 Å². The predicted molar refractivity (Wildman–Crippen MR) is 152 cm³/mol. The number of carbonyl (C=O) groups excluding carboxylic acids is 1. The summed E-state index contributed by atoms with van der Waals surface area (Å²) in [4.78, 5) is 26.5. The largest absolute Gasteiger partial charge is 0.395 e. The number of carbonyl (C=O) groups is 1. The van der Waals surface area contributed by atoms with Crippen molar-refractivity contribution in [2.24, 2.45) is 0 Å². The summed E-state index contributed by atoms with van der Waals surface area (Å²) in [6.07, 6.45) is 1.56. The number of fused-ring (bicyclic) bond motifs is 2. The average molecular weight is 525 g/mol. The molecule has 39 heavy (non-hydrogen) atoms. The van der Waals surface area contributed by atoms with Crippen molar-refractivity contribution in [3.05, 3.63) is 89.0 Å². The van der Waals surface area contributed by atoms with E-state index in [1.807, 2.05) is 87.2 Å². The molecule has 1 aliphatic heterocycles. The number of likely N-dealkylation sites (N-methyl/N-ethyl adjacent to an activating group) is 1. The van der Waals surface area contributed by atoms with Crippen molar-refractivity contribution in [2.45, 2.75) is 57.4 Å². The first-order chi connectivity index (χ1) is 18.6. The number of hydrogen-bond donors (Lipinski definition) is 1. The van der Waals surface area contributed by atoms with E-state index >= 15 is 4.39 Å². The van der Waals surface area contributed by atoms with Crippen LogP contribution in [-0.4, -0.2) is 34.6 Å². The molecule has 0 radical (unpaired) electrons. The number of anilines is 3. The van der Waals surface area contributed by atoms with E-state index in [9.17, 15) is 9.90 Å². The minimum atomic E-state index is -0.654. The highest BCUT2D eigenvalue weighted by molar-refractivity contribution is 6.10. The third-order valence-corrected chi connectivity index (χ3v) is 8.63. The monoisotopic (exact) mass is 524 g/mol. The quantitative estimate of drug-likeness (QED) is 0.323. The molecule has 1 unspecified atom stereocenters. The van der Waals surface area contributed by atoms with Crippen molar-refractivity contribution in [3.8, 4) is 0 Å². The number of nitrogens with zero attached hydrogens (tertiary/aromatic N) is 4. The second-order valence-corrected chi connectivity index (χ2v) is 11.5. The first-order valence-corrected chi connectivity index (χ1v) is 13.4. The number of aliphatic hydroxyl groups is 1. The lowest BCUT2D eigenvalue weighted by Gasteiger charge is -2.33. The van der Waals surface area contributed by atoms with Crippen LogP contribution in [0.5, 0.6) is 0 Å². The van der Waals surface area contributed by atoms with E-state index in [4.69, 9.17) is 9.97 Å². The molecule has 1 saturated carbocycles. The molecule has 4 aromatic rings. The molecule has 6 nitrogen and oxygen atoms in total. The second-order valence-electron chi connectivity index (χ2n) is 11.5. The molecule has 0 saturated heterocycles. The fourth-order valence-corrected chi connectivity index (χ4v) is 6.07. The molecule has 0 spiro atoms. The van der Waals surface area contributed by atoms with Gasteiger partial charge in [-0.1, -0.05) is 36.4 Å². The average Bonchev–Trinajstić information content (AvgIpc) is 3.70. The van der Waals surface area contributed by atoms with Gasteiger partial charge in [0, 0.05) is 34.8 Å². The van der Waals surface area contributed by atoms with E-state index in [-0.39, 0.29) is 18.3 Å². The number of hydrogen-bond acceptors (Lipinski definition) is 5. The zero-order valence-corrected chi connectivity index (χ0v) is 23.0. The van der Waals surface area contributed by atoms with Crippen LogP contribution in [0, 0.1) is 12.7 Å². The van der Waals surface area contributed by atoms with Crippen molar-refractivity contribution in [1.82, 2.24) is 9.97 Å². The van der Waals surface area contributed by atoms with Gasteiger partial charge in [-0.25, -0.2) is 14.4 Å². The minimum absolute atomic E-state index is 0.0316. The van der Waals surface area contributed by atoms with Gasteiger partial charge in [0.2, 0.25) is 5.91 Å². The number of amides is 1. The topological polar surface area (TPSA) is 69.6 Å². The number of halogens is 1. The molecule has 2 aliphatic rings. The Bertz CT molecular complexity index is 1610. The second kappa shape index (κ2) is 8.85. The Kier molecular flexibility index (Phi) is 5.77. The van der Waals surface area contributed by atoms with Crippen molar-refractivity contribution >= 4 is 34.0 Å². The molecule has 200 valence electrons. The Morgan fingerprint density at radius 1 is 1.05 bits per heavy atom. The van der Waals surface area contributed by atoms with E-state index in [1.165, 1.54) is 0 Å². The van der Waals surface area contributed by atoms with Gasteiger partial charge in [-0.15, -0.1) is 0 Å². The normalized spacial score (nSPS) is 17.8. The molecule has 2 heterocycles. The summed E-state index contributed by atoms with van der Waals surface area (Å²) in [5.74, 6) is 0.995. The summed E-state index contributed by atoms with van der Waals surface area (Å²) >= 11 is 0. The van der Waals surface area contributed by atoms with Gasteiger partial charge in [0.25, 0.3) is 0 Å². The van der Waals surface area contributed by atoms with Gasteiger partial charge in [0.1, 0.15) is 17.5 Å². The smallest absolute Gasteiger partial charge is 0.236 e. The standard InChI is InChI=1S/C32H33FN4O2/c1-19(22-12-9-13-24(28(22)33)32(18-38)14-15-32)37(21-10-7-6-8-11-21)29-23-16-27-25(17-26(23)34-20(2)35-29)31(3,4)30(39)36(27)5/h6-13,16-17,19,38H,14-15,18H2,1-5H3. The zero-order valence-electron chi connectivity index (χ0n) is 23.0. The van der Waals surface area contributed by atoms with Gasteiger partial charge >= 0.3 is 0 Å². The Morgan fingerprint density at radius 2 is 1.77 bits per heavy atom. The van der Waals surface area contributed by atoms with Crippen molar-refractivity contribution in [3.63, 3.8) is 0 Å². The summed E-state index contributed by atoms with van der Waals surface area (Å²) in [6, 6.07) is 18.9. The summed E-state index contributed by atoms with van der Waals surface area (Å²) < 4.78 is 16.2. The van der Waals surface area contributed by atoms with Crippen LogP contribution in [0.2, 0.25) is 0 Å². The Morgan fingerprint density at radius 3 is 2.44 bits per heavy atom. The summed E-state index contributed by atoms with van der Waals surface area (Å²) in [6.45, 7) is 7.64. The van der Waals surface area contributed by atoms with Gasteiger partial charge in [0.05, 0.1) is 23.6 Å². The maximum atomic E-state index is 16.2. The van der Waals surface area contributed by atoms with Crippen molar-refractivity contribution in [1.29, 1.82) is 0 Å².